The van der Waals surface area contributed by atoms with Crippen molar-refractivity contribution in [2.24, 2.45) is 0 Å². The zero-order valence-corrected chi connectivity index (χ0v) is 14.2. The molecular formula is C19H19N3O3. The van der Waals surface area contributed by atoms with Crippen LogP contribution in [0.25, 0.3) is 11.5 Å². The Hall–Kier alpha value is -3.15. The van der Waals surface area contributed by atoms with Gasteiger partial charge < -0.3 is 14.5 Å². The van der Waals surface area contributed by atoms with Gasteiger partial charge in [-0.25, -0.2) is 0 Å². The first-order valence-electron chi connectivity index (χ1n) is 8.06. The molecule has 6 heteroatoms. The van der Waals surface area contributed by atoms with Crippen molar-refractivity contribution in [3.8, 4) is 17.2 Å². The Morgan fingerprint density at radius 3 is 2.40 bits per heavy atom. The maximum absolute atomic E-state index is 12.0. The number of carbonyl (C=O) groups excluding carboxylic acids is 1. The lowest BCUT2D eigenvalue weighted by atomic mass is 10.1. The van der Waals surface area contributed by atoms with E-state index in [1.54, 1.807) is 19.1 Å². The number of anilines is 1. The van der Waals surface area contributed by atoms with E-state index in [0.29, 0.717) is 17.5 Å². The fourth-order valence-corrected chi connectivity index (χ4v) is 2.28. The molecule has 0 saturated heterocycles. The Balaban J connectivity index is 1.53. The highest BCUT2D eigenvalue weighted by Gasteiger charge is 2.07. The lowest BCUT2D eigenvalue weighted by molar-refractivity contribution is -0.118. The molecule has 0 aliphatic rings. The summed E-state index contributed by atoms with van der Waals surface area (Å²) in [5, 5.41) is 10.6. The first kappa shape index (κ1) is 16.7. The largest absolute Gasteiger partial charge is 0.484 e. The van der Waals surface area contributed by atoms with E-state index in [9.17, 15) is 4.79 Å². The van der Waals surface area contributed by atoms with Crippen molar-refractivity contribution in [2.45, 2.75) is 20.3 Å². The molecule has 6 nitrogen and oxygen atoms in total. The molecular weight excluding hydrogens is 318 g/mol. The standard InChI is InChI=1S/C19H19N3O3/c1-3-14-4-8-16(9-5-14)20-18(23)12-24-17-10-6-15(7-11-17)19-22-21-13(2)25-19/h4-11H,3,12H2,1-2H3,(H,20,23). The number of ether oxygens (including phenoxy) is 1. The zero-order valence-electron chi connectivity index (χ0n) is 14.2. The number of hydrogen-bond donors (Lipinski definition) is 1. The van der Waals surface area contributed by atoms with Crippen molar-refractivity contribution in [1.29, 1.82) is 0 Å². The van der Waals surface area contributed by atoms with Gasteiger partial charge >= 0.3 is 0 Å². The summed E-state index contributed by atoms with van der Waals surface area (Å²) in [6.45, 7) is 3.77. The Morgan fingerprint density at radius 2 is 1.80 bits per heavy atom. The van der Waals surface area contributed by atoms with Crippen molar-refractivity contribution in [3.05, 3.63) is 60.0 Å². The number of nitrogens with zero attached hydrogens (tertiary/aromatic N) is 2. The molecule has 3 aromatic rings. The van der Waals surface area contributed by atoms with Gasteiger partial charge in [-0.3, -0.25) is 4.79 Å². The van der Waals surface area contributed by atoms with E-state index >= 15 is 0 Å². The molecule has 1 aromatic heterocycles. The SMILES string of the molecule is CCc1ccc(NC(=O)COc2ccc(-c3nnc(C)o3)cc2)cc1. The quantitative estimate of drug-likeness (QED) is 0.743. The van der Waals surface area contributed by atoms with Gasteiger partial charge in [0.25, 0.3) is 5.91 Å². The number of amides is 1. The van der Waals surface area contributed by atoms with Gasteiger partial charge in [-0.2, -0.15) is 0 Å². The third-order valence-corrected chi connectivity index (χ3v) is 3.64. The van der Waals surface area contributed by atoms with Gasteiger partial charge in [0, 0.05) is 18.2 Å². The molecule has 128 valence electrons. The van der Waals surface area contributed by atoms with Gasteiger partial charge in [-0.1, -0.05) is 19.1 Å². The molecule has 0 fully saturated rings. The Labute approximate surface area is 145 Å². The maximum atomic E-state index is 12.0. The zero-order chi connectivity index (χ0) is 17.6. The van der Waals surface area contributed by atoms with E-state index in [4.69, 9.17) is 9.15 Å². The third-order valence-electron chi connectivity index (χ3n) is 3.64. The minimum absolute atomic E-state index is 0.0610. The van der Waals surface area contributed by atoms with Crippen molar-refractivity contribution in [2.75, 3.05) is 11.9 Å². The number of rotatable bonds is 6. The predicted molar refractivity (Wildman–Crippen MR) is 94.4 cm³/mol. The van der Waals surface area contributed by atoms with Crippen LogP contribution < -0.4 is 10.1 Å². The number of hydrogen-bond acceptors (Lipinski definition) is 5. The summed E-state index contributed by atoms with van der Waals surface area (Å²) in [6.07, 6.45) is 0.969. The van der Waals surface area contributed by atoms with Crippen LogP contribution in [-0.2, 0) is 11.2 Å². The highest BCUT2D eigenvalue weighted by molar-refractivity contribution is 5.91. The molecule has 1 amide bonds. The van der Waals surface area contributed by atoms with E-state index in [2.05, 4.69) is 22.4 Å². The molecule has 0 radical (unpaired) electrons. The number of nitrogens with one attached hydrogen (secondary N) is 1. The topological polar surface area (TPSA) is 77.2 Å². The Morgan fingerprint density at radius 1 is 1.08 bits per heavy atom. The van der Waals surface area contributed by atoms with Crippen molar-refractivity contribution in [1.82, 2.24) is 10.2 Å². The van der Waals surface area contributed by atoms with Gasteiger partial charge in [-0.15, -0.1) is 10.2 Å². The monoisotopic (exact) mass is 337 g/mol. The number of aromatic nitrogens is 2. The molecule has 2 aromatic carbocycles. The van der Waals surface area contributed by atoms with Crippen LogP contribution in [0.5, 0.6) is 5.75 Å². The van der Waals surface area contributed by atoms with Crippen LogP contribution in [-0.4, -0.2) is 22.7 Å². The lowest BCUT2D eigenvalue weighted by Gasteiger charge is -2.08. The van der Waals surface area contributed by atoms with Crippen LogP contribution in [0.15, 0.2) is 52.9 Å². The van der Waals surface area contributed by atoms with Crippen LogP contribution in [0.4, 0.5) is 5.69 Å². The van der Waals surface area contributed by atoms with Crippen LogP contribution in [0, 0.1) is 6.92 Å². The fraction of sp³-hybridized carbons (Fsp3) is 0.211. The smallest absolute Gasteiger partial charge is 0.262 e. The van der Waals surface area contributed by atoms with Crippen LogP contribution in [0.2, 0.25) is 0 Å². The van der Waals surface area contributed by atoms with E-state index in [1.165, 1.54) is 5.56 Å². The van der Waals surface area contributed by atoms with Crippen LogP contribution in [0.3, 0.4) is 0 Å². The second-order valence-corrected chi connectivity index (χ2v) is 5.54. The molecule has 0 bridgehead atoms. The first-order valence-corrected chi connectivity index (χ1v) is 8.06. The Kier molecular flexibility index (Phi) is 5.09. The molecule has 0 aliphatic carbocycles. The predicted octanol–water partition coefficient (Wildman–Crippen LogP) is 3.62. The van der Waals surface area contributed by atoms with Gasteiger partial charge in [0.05, 0.1) is 0 Å². The Bertz CT molecular complexity index is 839. The van der Waals surface area contributed by atoms with Crippen molar-refractivity contribution >= 4 is 11.6 Å². The molecule has 0 unspecified atom stereocenters. The molecule has 0 aliphatic heterocycles. The number of benzene rings is 2. The van der Waals surface area contributed by atoms with Gasteiger partial charge in [0.15, 0.2) is 6.61 Å². The van der Waals surface area contributed by atoms with Gasteiger partial charge in [0.1, 0.15) is 5.75 Å². The van der Waals surface area contributed by atoms with Crippen LogP contribution >= 0.6 is 0 Å². The highest BCUT2D eigenvalue weighted by atomic mass is 16.5. The molecule has 25 heavy (non-hydrogen) atoms. The fourth-order valence-electron chi connectivity index (χ4n) is 2.28. The number of aryl methyl sites for hydroxylation is 2. The van der Waals surface area contributed by atoms with E-state index in [0.717, 1.165) is 17.7 Å². The average Bonchev–Trinajstić information content (AvgIpc) is 3.07. The second kappa shape index (κ2) is 7.61. The van der Waals surface area contributed by atoms with E-state index in [-0.39, 0.29) is 12.5 Å². The third kappa shape index (κ3) is 4.44. The first-order chi connectivity index (χ1) is 12.1. The molecule has 3 rings (SSSR count). The molecule has 0 spiro atoms. The van der Waals surface area contributed by atoms with Crippen molar-refractivity contribution in [3.63, 3.8) is 0 Å². The van der Waals surface area contributed by atoms with Gasteiger partial charge in [-0.05, 0) is 48.4 Å². The maximum Gasteiger partial charge on any atom is 0.262 e. The summed E-state index contributed by atoms with van der Waals surface area (Å²) in [4.78, 5) is 12.0. The minimum Gasteiger partial charge on any atom is -0.484 e. The minimum atomic E-state index is -0.208. The molecule has 1 heterocycles. The summed E-state index contributed by atoms with van der Waals surface area (Å²) in [7, 11) is 0. The second-order valence-electron chi connectivity index (χ2n) is 5.54. The molecule has 1 N–H and O–H groups in total. The normalized spacial score (nSPS) is 10.5. The summed E-state index contributed by atoms with van der Waals surface area (Å²) >= 11 is 0. The molecule has 0 saturated carbocycles. The van der Waals surface area contributed by atoms with Crippen molar-refractivity contribution < 1.29 is 13.9 Å². The van der Waals surface area contributed by atoms with E-state index < -0.39 is 0 Å². The average molecular weight is 337 g/mol. The van der Waals surface area contributed by atoms with Crippen LogP contribution in [0.1, 0.15) is 18.4 Å². The summed E-state index contributed by atoms with van der Waals surface area (Å²) in [5.74, 6) is 1.36. The summed E-state index contributed by atoms with van der Waals surface area (Å²) in [5.41, 5.74) is 2.78. The van der Waals surface area contributed by atoms with E-state index in [1.807, 2.05) is 36.4 Å². The highest BCUT2D eigenvalue weighted by Crippen LogP contribution is 2.21. The van der Waals surface area contributed by atoms with Gasteiger partial charge in [0.2, 0.25) is 11.8 Å². The number of carbonyl (C=O) groups is 1. The summed E-state index contributed by atoms with van der Waals surface area (Å²) in [6, 6.07) is 14.9. The molecule has 0 atom stereocenters. The lowest BCUT2D eigenvalue weighted by Crippen LogP contribution is -2.20. The summed E-state index contributed by atoms with van der Waals surface area (Å²) < 4.78 is 10.9.